The van der Waals surface area contributed by atoms with Crippen LogP contribution in [0.2, 0.25) is 0 Å². The van der Waals surface area contributed by atoms with Gasteiger partial charge in [-0.25, -0.2) is 4.99 Å². The van der Waals surface area contributed by atoms with Crippen LogP contribution in [0.1, 0.15) is 43.9 Å². The monoisotopic (exact) mass is 427 g/mol. The zero-order chi connectivity index (χ0) is 22.2. The molecule has 0 aliphatic carbocycles. The SMILES string of the molecule is COc1ccc(CN=C(NCc2nnc(C)n2C)NC2CCN(CC(C)C)CC2)cc1. The zero-order valence-electron chi connectivity index (χ0n) is 19.6. The van der Waals surface area contributed by atoms with Crippen molar-refractivity contribution in [3.63, 3.8) is 0 Å². The van der Waals surface area contributed by atoms with Gasteiger partial charge in [-0.3, -0.25) is 0 Å². The lowest BCUT2D eigenvalue weighted by Gasteiger charge is -2.34. The number of aliphatic imine (C=N–C) groups is 1. The highest BCUT2D eigenvalue weighted by Crippen LogP contribution is 2.13. The lowest BCUT2D eigenvalue weighted by molar-refractivity contribution is 0.187. The molecule has 1 fully saturated rings. The van der Waals surface area contributed by atoms with E-state index in [4.69, 9.17) is 9.73 Å². The fourth-order valence-electron chi connectivity index (χ4n) is 3.79. The first-order valence-electron chi connectivity index (χ1n) is 11.2. The van der Waals surface area contributed by atoms with E-state index in [9.17, 15) is 0 Å². The summed E-state index contributed by atoms with van der Waals surface area (Å²) in [5.74, 6) is 4.18. The number of hydrogen-bond acceptors (Lipinski definition) is 5. The Bertz CT molecular complexity index is 836. The maximum atomic E-state index is 5.25. The van der Waals surface area contributed by atoms with Gasteiger partial charge in [0, 0.05) is 32.7 Å². The summed E-state index contributed by atoms with van der Waals surface area (Å²) in [6.07, 6.45) is 2.25. The fraction of sp³-hybridized carbons (Fsp3) is 0.609. The number of guanidine groups is 1. The predicted molar refractivity (Wildman–Crippen MR) is 124 cm³/mol. The summed E-state index contributed by atoms with van der Waals surface area (Å²) >= 11 is 0. The molecule has 0 saturated carbocycles. The molecular formula is C23H37N7O. The highest BCUT2D eigenvalue weighted by atomic mass is 16.5. The number of nitrogens with zero attached hydrogens (tertiary/aromatic N) is 5. The van der Waals surface area contributed by atoms with E-state index in [1.807, 2.05) is 30.7 Å². The standard InChI is InChI=1S/C23H37N7O/c1-17(2)16-30-12-10-20(11-13-30)26-23(25-15-22-28-27-18(3)29(22)4)24-14-19-6-8-21(31-5)9-7-19/h6-9,17,20H,10-16H2,1-5H3,(H2,24,25,26). The van der Waals surface area contributed by atoms with Crippen LogP contribution in [-0.4, -0.2) is 58.4 Å². The van der Waals surface area contributed by atoms with Crippen LogP contribution in [-0.2, 0) is 20.1 Å². The fourth-order valence-corrected chi connectivity index (χ4v) is 3.79. The van der Waals surface area contributed by atoms with Crippen molar-refractivity contribution in [3.05, 3.63) is 41.5 Å². The zero-order valence-corrected chi connectivity index (χ0v) is 19.6. The number of nitrogens with one attached hydrogen (secondary N) is 2. The van der Waals surface area contributed by atoms with Gasteiger partial charge >= 0.3 is 0 Å². The Kier molecular flexibility index (Phi) is 8.28. The maximum Gasteiger partial charge on any atom is 0.192 e. The van der Waals surface area contributed by atoms with Crippen molar-refractivity contribution in [2.24, 2.45) is 18.0 Å². The molecule has 170 valence electrons. The number of piperidine rings is 1. The normalized spacial score (nSPS) is 16.0. The Morgan fingerprint density at radius 1 is 1.19 bits per heavy atom. The van der Waals surface area contributed by atoms with Gasteiger partial charge in [-0.15, -0.1) is 10.2 Å². The molecule has 8 nitrogen and oxygen atoms in total. The number of benzene rings is 1. The number of ether oxygens (including phenoxy) is 1. The van der Waals surface area contributed by atoms with Gasteiger partial charge in [-0.05, 0) is 43.4 Å². The number of methoxy groups -OCH3 is 1. The lowest BCUT2D eigenvalue weighted by atomic mass is 10.0. The molecule has 1 aliphatic rings. The van der Waals surface area contributed by atoms with Crippen molar-refractivity contribution in [3.8, 4) is 5.75 Å². The molecule has 2 N–H and O–H groups in total. The molecular weight excluding hydrogens is 390 g/mol. The van der Waals surface area contributed by atoms with E-state index in [2.05, 4.69) is 51.7 Å². The average Bonchev–Trinajstić information content (AvgIpc) is 3.09. The van der Waals surface area contributed by atoms with Crippen LogP contribution < -0.4 is 15.4 Å². The van der Waals surface area contributed by atoms with Gasteiger partial charge in [-0.1, -0.05) is 26.0 Å². The third-order valence-electron chi connectivity index (χ3n) is 5.73. The summed E-state index contributed by atoms with van der Waals surface area (Å²) < 4.78 is 7.25. The molecule has 0 bridgehead atoms. The Morgan fingerprint density at radius 2 is 1.90 bits per heavy atom. The number of likely N-dealkylation sites (tertiary alicyclic amines) is 1. The van der Waals surface area contributed by atoms with Crippen molar-refractivity contribution in [1.29, 1.82) is 0 Å². The second-order valence-electron chi connectivity index (χ2n) is 8.70. The van der Waals surface area contributed by atoms with Crippen LogP contribution in [0.5, 0.6) is 5.75 Å². The summed E-state index contributed by atoms with van der Waals surface area (Å²) in [4.78, 5) is 7.41. The lowest BCUT2D eigenvalue weighted by Crippen LogP contribution is -2.49. The first kappa shape index (κ1) is 23.1. The van der Waals surface area contributed by atoms with Gasteiger partial charge in [0.2, 0.25) is 0 Å². The van der Waals surface area contributed by atoms with E-state index < -0.39 is 0 Å². The number of aromatic nitrogens is 3. The minimum absolute atomic E-state index is 0.423. The second-order valence-corrected chi connectivity index (χ2v) is 8.70. The summed E-state index contributed by atoms with van der Waals surface area (Å²) in [6.45, 7) is 11.1. The third-order valence-corrected chi connectivity index (χ3v) is 5.73. The molecule has 1 saturated heterocycles. The first-order valence-corrected chi connectivity index (χ1v) is 11.2. The van der Waals surface area contributed by atoms with Crippen molar-refractivity contribution in [2.75, 3.05) is 26.7 Å². The van der Waals surface area contributed by atoms with Crippen molar-refractivity contribution < 1.29 is 4.74 Å². The van der Waals surface area contributed by atoms with Crippen molar-refractivity contribution in [2.45, 2.75) is 52.7 Å². The molecule has 0 amide bonds. The highest BCUT2D eigenvalue weighted by molar-refractivity contribution is 5.80. The van der Waals surface area contributed by atoms with E-state index in [1.165, 1.54) is 6.54 Å². The largest absolute Gasteiger partial charge is 0.497 e. The Morgan fingerprint density at radius 3 is 2.48 bits per heavy atom. The van der Waals surface area contributed by atoms with Gasteiger partial charge in [0.15, 0.2) is 11.8 Å². The smallest absolute Gasteiger partial charge is 0.192 e. The molecule has 1 aliphatic heterocycles. The molecule has 2 aromatic rings. The van der Waals surface area contributed by atoms with Crippen LogP contribution >= 0.6 is 0 Å². The summed E-state index contributed by atoms with van der Waals surface area (Å²) in [5.41, 5.74) is 1.14. The quantitative estimate of drug-likeness (QED) is 0.498. The number of rotatable bonds is 8. The van der Waals surface area contributed by atoms with Crippen LogP contribution in [0.25, 0.3) is 0 Å². The summed E-state index contributed by atoms with van der Waals surface area (Å²) in [6, 6.07) is 8.47. The molecule has 3 rings (SSSR count). The molecule has 2 heterocycles. The topological polar surface area (TPSA) is 79.6 Å². The maximum absolute atomic E-state index is 5.25. The van der Waals surface area contributed by atoms with Gasteiger partial charge in [0.25, 0.3) is 0 Å². The molecule has 0 spiro atoms. The predicted octanol–water partition coefficient (Wildman–Crippen LogP) is 2.49. The van der Waals surface area contributed by atoms with Gasteiger partial charge in [-0.2, -0.15) is 0 Å². The average molecular weight is 428 g/mol. The van der Waals surface area contributed by atoms with E-state index in [0.717, 1.165) is 54.9 Å². The van der Waals surface area contributed by atoms with E-state index in [0.29, 0.717) is 25.0 Å². The Balaban J connectivity index is 1.62. The van der Waals surface area contributed by atoms with Crippen LogP contribution in [0.3, 0.4) is 0 Å². The first-order chi connectivity index (χ1) is 14.9. The van der Waals surface area contributed by atoms with E-state index in [-0.39, 0.29) is 0 Å². The molecule has 8 heteroatoms. The van der Waals surface area contributed by atoms with Gasteiger partial charge in [0.05, 0.1) is 20.2 Å². The van der Waals surface area contributed by atoms with Crippen LogP contribution in [0, 0.1) is 12.8 Å². The van der Waals surface area contributed by atoms with Crippen LogP contribution in [0.4, 0.5) is 0 Å². The number of aryl methyl sites for hydroxylation is 1. The van der Waals surface area contributed by atoms with E-state index >= 15 is 0 Å². The third kappa shape index (κ3) is 6.95. The Hall–Kier alpha value is -2.61. The van der Waals surface area contributed by atoms with Crippen molar-refractivity contribution >= 4 is 5.96 Å². The second kappa shape index (κ2) is 11.1. The molecule has 0 unspecified atom stereocenters. The van der Waals surface area contributed by atoms with Gasteiger partial charge < -0.3 is 24.8 Å². The molecule has 0 radical (unpaired) electrons. The molecule has 1 aromatic heterocycles. The van der Waals surface area contributed by atoms with E-state index in [1.54, 1.807) is 7.11 Å². The summed E-state index contributed by atoms with van der Waals surface area (Å²) in [7, 11) is 3.66. The number of hydrogen-bond donors (Lipinski definition) is 2. The molecule has 0 atom stereocenters. The van der Waals surface area contributed by atoms with Gasteiger partial charge in [0.1, 0.15) is 11.6 Å². The molecule has 31 heavy (non-hydrogen) atoms. The minimum atomic E-state index is 0.423. The Labute approximate surface area is 186 Å². The van der Waals surface area contributed by atoms with Crippen LogP contribution in [0.15, 0.2) is 29.3 Å². The van der Waals surface area contributed by atoms with Crippen molar-refractivity contribution in [1.82, 2.24) is 30.3 Å². The minimum Gasteiger partial charge on any atom is -0.497 e. The highest BCUT2D eigenvalue weighted by Gasteiger charge is 2.20. The molecule has 1 aromatic carbocycles. The summed E-state index contributed by atoms with van der Waals surface area (Å²) in [5, 5.41) is 15.5.